The number of carbonyl (C=O) groups excluding carboxylic acids is 1. The first-order valence-electron chi connectivity index (χ1n) is 4.39. The Labute approximate surface area is 79.6 Å². The second-order valence-corrected chi connectivity index (χ2v) is 2.48. The number of hydrogen-bond donors (Lipinski definition) is 0. The smallest absolute Gasteiger partial charge is 0.330 e. The molecule has 0 aromatic heterocycles. The molecule has 0 spiro atoms. The number of allylic oxidation sites excluding steroid dienone is 5. The molecular weight excluding hydrogens is 164 g/mol. The van der Waals surface area contributed by atoms with Crippen molar-refractivity contribution in [1.82, 2.24) is 0 Å². The Morgan fingerprint density at radius 3 is 2.54 bits per heavy atom. The molecule has 0 aromatic carbocycles. The highest BCUT2D eigenvalue weighted by atomic mass is 16.5. The van der Waals surface area contributed by atoms with E-state index in [0.717, 1.165) is 12.8 Å². The van der Waals surface area contributed by atoms with Gasteiger partial charge in [-0.25, -0.2) is 4.79 Å². The summed E-state index contributed by atoms with van der Waals surface area (Å²) in [6.07, 6.45) is 13.0. The Morgan fingerprint density at radius 1 is 1.23 bits per heavy atom. The van der Waals surface area contributed by atoms with Crippen LogP contribution < -0.4 is 0 Å². The zero-order chi connectivity index (χ0) is 9.94. The Balaban J connectivity index is 3.62. The first-order chi connectivity index (χ1) is 6.31. The van der Waals surface area contributed by atoms with Gasteiger partial charge in [-0.3, -0.25) is 0 Å². The SMILES string of the molecule is CCC\C=C/C=C/C=C\C(=O)OC. The van der Waals surface area contributed by atoms with E-state index in [2.05, 4.69) is 17.7 Å². The number of ether oxygens (including phenoxy) is 1. The van der Waals surface area contributed by atoms with Gasteiger partial charge in [0.15, 0.2) is 0 Å². The fourth-order valence-corrected chi connectivity index (χ4v) is 0.672. The number of hydrogen-bond acceptors (Lipinski definition) is 2. The predicted octanol–water partition coefficient (Wildman–Crippen LogP) is 2.63. The van der Waals surface area contributed by atoms with Crippen LogP contribution in [-0.2, 0) is 9.53 Å². The molecule has 2 heteroatoms. The Kier molecular flexibility index (Phi) is 7.90. The minimum atomic E-state index is -0.331. The van der Waals surface area contributed by atoms with Crippen LogP contribution in [0.5, 0.6) is 0 Å². The molecule has 0 fully saturated rings. The van der Waals surface area contributed by atoms with Crippen molar-refractivity contribution in [1.29, 1.82) is 0 Å². The van der Waals surface area contributed by atoms with Crippen LogP contribution >= 0.6 is 0 Å². The molecule has 0 bridgehead atoms. The molecule has 0 amide bonds. The maximum Gasteiger partial charge on any atom is 0.330 e. The van der Waals surface area contributed by atoms with E-state index in [1.54, 1.807) is 12.2 Å². The second-order valence-electron chi connectivity index (χ2n) is 2.48. The number of unbranched alkanes of at least 4 members (excludes halogenated alkanes) is 1. The van der Waals surface area contributed by atoms with Crippen LogP contribution in [0.4, 0.5) is 0 Å². The van der Waals surface area contributed by atoms with Crippen LogP contribution in [0.25, 0.3) is 0 Å². The van der Waals surface area contributed by atoms with Crippen molar-refractivity contribution < 1.29 is 9.53 Å². The molecule has 0 unspecified atom stereocenters. The molecule has 72 valence electrons. The predicted molar refractivity (Wildman–Crippen MR) is 54.3 cm³/mol. The summed E-state index contributed by atoms with van der Waals surface area (Å²) < 4.78 is 4.42. The maximum absolute atomic E-state index is 10.6. The van der Waals surface area contributed by atoms with Gasteiger partial charge in [0.25, 0.3) is 0 Å². The molecule has 0 rings (SSSR count). The average molecular weight is 180 g/mol. The van der Waals surface area contributed by atoms with E-state index in [1.807, 2.05) is 12.2 Å². The summed E-state index contributed by atoms with van der Waals surface area (Å²) in [7, 11) is 1.36. The standard InChI is InChI=1S/C11H16O2/c1-3-4-5-6-7-8-9-10-11(12)13-2/h5-10H,3-4H2,1-2H3/b6-5-,8-7+,10-9-. The normalized spacial score (nSPS) is 11.8. The molecule has 0 aliphatic carbocycles. The minimum Gasteiger partial charge on any atom is -0.466 e. The van der Waals surface area contributed by atoms with Crippen molar-refractivity contribution in [3.05, 3.63) is 36.5 Å². The van der Waals surface area contributed by atoms with Crippen LogP contribution in [0.1, 0.15) is 19.8 Å². The van der Waals surface area contributed by atoms with E-state index in [4.69, 9.17) is 0 Å². The summed E-state index contributed by atoms with van der Waals surface area (Å²) >= 11 is 0. The van der Waals surface area contributed by atoms with Gasteiger partial charge in [-0.15, -0.1) is 0 Å². The van der Waals surface area contributed by atoms with Crippen molar-refractivity contribution in [3.8, 4) is 0 Å². The summed E-state index contributed by atoms with van der Waals surface area (Å²) in [4.78, 5) is 10.6. The van der Waals surface area contributed by atoms with Crippen LogP contribution in [0.15, 0.2) is 36.5 Å². The van der Waals surface area contributed by atoms with Gasteiger partial charge in [0.2, 0.25) is 0 Å². The lowest BCUT2D eigenvalue weighted by molar-refractivity contribution is -0.134. The second kappa shape index (κ2) is 8.78. The van der Waals surface area contributed by atoms with Crippen LogP contribution in [0.3, 0.4) is 0 Å². The number of rotatable bonds is 5. The molecule has 0 N–H and O–H groups in total. The lowest BCUT2D eigenvalue weighted by Crippen LogP contribution is -1.92. The lowest BCUT2D eigenvalue weighted by Gasteiger charge is -1.85. The van der Waals surface area contributed by atoms with Crippen molar-refractivity contribution >= 4 is 5.97 Å². The summed E-state index contributed by atoms with van der Waals surface area (Å²) in [5, 5.41) is 0. The van der Waals surface area contributed by atoms with Crippen molar-refractivity contribution in [2.24, 2.45) is 0 Å². The van der Waals surface area contributed by atoms with Gasteiger partial charge in [-0.05, 0) is 6.42 Å². The third kappa shape index (κ3) is 8.60. The van der Waals surface area contributed by atoms with Gasteiger partial charge >= 0.3 is 5.97 Å². The van der Waals surface area contributed by atoms with Gasteiger partial charge in [0.1, 0.15) is 0 Å². The molecule has 2 nitrogen and oxygen atoms in total. The number of esters is 1. The zero-order valence-electron chi connectivity index (χ0n) is 8.19. The first-order valence-corrected chi connectivity index (χ1v) is 4.39. The van der Waals surface area contributed by atoms with Crippen molar-refractivity contribution in [2.45, 2.75) is 19.8 Å². The molecule has 0 aliphatic heterocycles. The number of methoxy groups -OCH3 is 1. The summed E-state index contributed by atoms with van der Waals surface area (Å²) in [5.74, 6) is -0.331. The van der Waals surface area contributed by atoms with E-state index < -0.39 is 0 Å². The Hall–Kier alpha value is -1.31. The van der Waals surface area contributed by atoms with Gasteiger partial charge < -0.3 is 4.74 Å². The van der Waals surface area contributed by atoms with Gasteiger partial charge in [0.05, 0.1) is 7.11 Å². The molecule has 0 aliphatic rings. The van der Waals surface area contributed by atoms with E-state index in [1.165, 1.54) is 13.2 Å². The third-order valence-corrected chi connectivity index (χ3v) is 1.36. The average Bonchev–Trinajstić information content (AvgIpc) is 2.16. The molecule has 0 saturated carbocycles. The molecule has 0 radical (unpaired) electrons. The summed E-state index contributed by atoms with van der Waals surface area (Å²) in [6, 6.07) is 0. The first kappa shape index (κ1) is 11.7. The highest BCUT2D eigenvalue weighted by Crippen LogP contribution is 1.89. The Bertz CT molecular complexity index is 212. The molecule has 13 heavy (non-hydrogen) atoms. The minimum absolute atomic E-state index is 0.331. The molecular formula is C11H16O2. The number of carbonyl (C=O) groups is 1. The fraction of sp³-hybridized carbons (Fsp3) is 0.364. The van der Waals surface area contributed by atoms with Gasteiger partial charge in [-0.1, -0.05) is 43.7 Å². The highest BCUT2D eigenvalue weighted by molar-refractivity contribution is 5.82. The van der Waals surface area contributed by atoms with E-state index in [0.29, 0.717) is 0 Å². The van der Waals surface area contributed by atoms with Crippen molar-refractivity contribution in [3.63, 3.8) is 0 Å². The molecule has 0 aromatic rings. The topological polar surface area (TPSA) is 26.3 Å². The molecule has 0 atom stereocenters. The van der Waals surface area contributed by atoms with E-state index in [-0.39, 0.29) is 5.97 Å². The molecule has 0 heterocycles. The fourth-order valence-electron chi connectivity index (χ4n) is 0.672. The van der Waals surface area contributed by atoms with E-state index in [9.17, 15) is 4.79 Å². The quantitative estimate of drug-likeness (QED) is 0.369. The zero-order valence-corrected chi connectivity index (χ0v) is 8.19. The summed E-state index contributed by atoms with van der Waals surface area (Å²) in [6.45, 7) is 2.13. The maximum atomic E-state index is 10.6. The van der Waals surface area contributed by atoms with Crippen LogP contribution in [0, 0.1) is 0 Å². The Morgan fingerprint density at radius 2 is 1.92 bits per heavy atom. The van der Waals surface area contributed by atoms with Crippen LogP contribution in [0.2, 0.25) is 0 Å². The summed E-state index contributed by atoms with van der Waals surface area (Å²) in [5.41, 5.74) is 0. The third-order valence-electron chi connectivity index (χ3n) is 1.36. The van der Waals surface area contributed by atoms with Gasteiger partial charge in [-0.2, -0.15) is 0 Å². The van der Waals surface area contributed by atoms with Gasteiger partial charge in [0, 0.05) is 6.08 Å². The highest BCUT2D eigenvalue weighted by Gasteiger charge is 1.85. The monoisotopic (exact) mass is 180 g/mol. The lowest BCUT2D eigenvalue weighted by atomic mass is 10.3. The van der Waals surface area contributed by atoms with Crippen molar-refractivity contribution in [2.75, 3.05) is 7.11 Å². The van der Waals surface area contributed by atoms with Crippen LogP contribution in [-0.4, -0.2) is 13.1 Å². The largest absolute Gasteiger partial charge is 0.466 e. The van der Waals surface area contributed by atoms with E-state index >= 15 is 0 Å². The molecule has 0 saturated heterocycles.